The highest BCUT2D eigenvalue weighted by Gasteiger charge is 2.12. The predicted molar refractivity (Wildman–Crippen MR) is 76.2 cm³/mol. The molecule has 3 rings (SSSR count). The van der Waals surface area contributed by atoms with Crippen molar-refractivity contribution in [2.45, 2.75) is 13.5 Å². The molecule has 1 aliphatic rings. The number of benzene rings is 1. The molecule has 0 bridgehead atoms. The van der Waals surface area contributed by atoms with Crippen LogP contribution < -0.4 is 5.32 Å². The number of halogens is 1. The molecule has 1 fully saturated rings. The molecule has 0 atom stereocenters. The molecule has 4 heteroatoms. The van der Waals surface area contributed by atoms with Crippen molar-refractivity contribution >= 4 is 22.5 Å². The SMILES string of the molecule is Cc1c[nH]c2c(Cl)cc(CN3CCNCC3)cc12. The third-order valence-electron chi connectivity index (χ3n) is 3.62. The van der Waals surface area contributed by atoms with Gasteiger partial charge in [-0.3, -0.25) is 4.90 Å². The standard InChI is InChI=1S/C14H18ClN3/c1-10-8-17-14-12(10)6-11(7-13(14)15)9-18-4-2-16-3-5-18/h6-8,16-17H,2-5,9H2,1H3. The summed E-state index contributed by atoms with van der Waals surface area (Å²) >= 11 is 6.33. The first kappa shape index (κ1) is 12.0. The first-order valence-electron chi connectivity index (χ1n) is 6.43. The number of aryl methyl sites for hydroxylation is 1. The summed E-state index contributed by atoms with van der Waals surface area (Å²) in [5.74, 6) is 0. The topological polar surface area (TPSA) is 31.1 Å². The Bertz CT molecular complexity index is 555. The number of aromatic amines is 1. The van der Waals surface area contributed by atoms with Crippen LogP contribution in [0.25, 0.3) is 10.9 Å². The van der Waals surface area contributed by atoms with Gasteiger partial charge < -0.3 is 10.3 Å². The lowest BCUT2D eigenvalue weighted by Gasteiger charge is -2.27. The molecule has 3 nitrogen and oxygen atoms in total. The first-order chi connectivity index (χ1) is 8.74. The van der Waals surface area contributed by atoms with E-state index >= 15 is 0 Å². The maximum absolute atomic E-state index is 6.33. The van der Waals surface area contributed by atoms with Gasteiger partial charge in [-0.25, -0.2) is 0 Å². The molecular formula is C14H18ClN3. The van der Waals surface area contributed by atoms with E-state index in [1.165, 1.54) is 16.5 Å². The number of nitrogens with one attached hydrogen (secondary N) is 2. The highest BCUT2D eigenvalue weighted by molar-refractivity contribution is 6.35. The minimum atomic E-state index is 0.825. The molecule has 2 N–H and O–H groups in total. The van der Waals surface area contributed by atoms with Crippen LogP contribution in [0, 0.1) is 6.92 Å². The van der Waals surface area contributed by atoms with Crippen LogP contribution in [0.2, 0.25) is 5.02 Å². The van der Waals surface area contributed by atoms with Crippen molar-refractivity contribution in [1.29, 1.82) is 0 Å². The zero-order valence-electron chi connectivity index (χ0n) is 10.6. The van der Waals surface area contributed by atoms with E-state index in [1.807, 2.05) is 6.20 Å². The third-order valence-corrected chi connectivity index (χ3v) is 3.92. The Morgan fingerprint density at radius 3 is 2.83 bits per heavy atom. The second-order valence-electron chi connectivity index (χ2n) is 5.00. The number of H-pyrrole nitrogens is 1. The Labute approximate surface area is 112 Å². The van der Waals surface area contributed by atoms with Gasteiger partial charge in [0.2, 0.25) is 0 Å². The van der Waals surface area contributed by atoms with Crippen LogP contribution in [0.5, 0.6) is 0 Å². The van der Waals surface area contributed by atoms with Crippen molar-refractivity contribution in [3.8, 4) is 0 Å². The summed E-state index contributed by atoms with van der Waals surface area (Å²) in [5, 5.41) is 5.44. The Morgan fingerprint density at radius 2 is 2.06 bits per heavy atom. The summed E-state index contributed by atoms with van der Waals surface area (Å²) < 4.78 is 0. The fourth-order valence-corrected chi connectivity index (χ4v) is 2.89. The largest absolute Gasteiger partial charge is 0.360 e. The van der Waals surface area contributed by atoms with Crippen molar-refractivity contribution in [1.82, 2.24) is 15.2 Å². The van der Waals surface area contributed by atoms with Gasteiger partial charge in [0.05, 0.1) is 10.5 Å². The molecule has 0 saturated carbocycles. The maximum Gasteiger partial charge on any atom is 0.0650 e. The lowest BCUT2D eigenvalue weighted by Crippen LogP contribution is -2.42. The van der Waals surface area contributed by atoms with Crippen LogP contribution in [0.4, 0.5) is 0 Å². The molecule has 0 amide bonds. The molecule has 2 aromatic rings. The zero-order chi connectivity index (χ0) is 12.5. The van der Waals surface area contributed by atoms with Crippen molar-refractivity contribution < 1.29 is 0 Å². The molecule has 2 heterocycles. The van der Waals surface area contributed by atoms with E-state index in [2.05, 4.69) is 34.3 Å². The van der Waals surface area contributed by atoms with E-state index in [-0.39, 0.29) is 0 Å². The van der Waals surface area contributed by atoms with Crippen LogP contribution in [0.1, 0.15) is 11.1 Å². The van der Waals surface area contributed by atoms with Crippen LogP contribution in [-0.2, 0) is 6.54 Å². The van der Waals surface area contributed by atoms with E-state index < -0.39 is 0 Å². The normalized spacial score (nSPS) is 17.4. The fraction of sp³-hybridized carbons (Fsp3) is 0.429. The summed E-state index contributed by atoms with van der Waals surface area (Å²) in [4.78, 5) is 5.70. The molecule has 1 aromatic heterocycles. The lowest BCUT2D eigenvalue weighted by atomic mass is 10.1. The molecule has 1 saturated heterocycles. The number of hydrogen-bond acceptors (Lipinski definition) is 2. The first-order valence-corrected chi connectivity index (χ1v) is 6.81. The summed E-state index contributed by atoms with van der Waals surface area (Å²) in [6.07, 6.45) is 2.02. The Hall–Kier alpha value is -1.03. The van der Waals surface area contributed by atoms with Crippen LogP contribution in [0.3, 0.4) is 0 Å². The second-order valence-corrected chi connectivity index (χ2v) is 5.41. The molecule has 96 valence electrons. The molecule has 0 aliphatic carbocycles. The number of fused-ring (bicyclic) bond motifs is 1. The van der Waals surface area contributed by atoms with Crippen LogP contribution in [-0.4, -0.2) is 36.1 Å². The Morgan fingerprint density at radius 1 is 1.28 bits per heavy atom. The van der Waals surface area contributed by atoms with Crippen LogP contribution in [0.15, 0.2) is 18.3 Å². The number of rotatable bonds is 2. The summed E-state index contributed by atoms with van der Waals surface area (Å²) in [5.41, 5.74) is 3.62. The van der Waals surface area contributed by atoms with Crippen molar-refractivity contribution in [2.24, 2.45) is 0 Å². The highest BCUT2D eigenvalue weighted by atomic mass is 35.5. The molecule has 0 radical (unpaired) electrons. The summed E-state index contributed by atoms with van der Waals surface area (Å²) in [7, 11) is 0. The molecule has 0 spiro atoms. The quantitative estimate of drug-likeness (QED) is 0.873. The van der Waals surface area contributed by atoms with Gasteiger partial charge in [-0.15, -0.1) is 0 Å². The average Bonchev–Trinajstić information content (AvgIpc) is 2.73. The summed E-state index contributed by atoms with van der Waals surface area (Å²) in [6, 6.07) is 4.34. The van der Waals surface area contributed by atoms with E-state index in [0.29, 0.717) is 0 Å². The Balaban J connectivity index is 1.89. The third kappa shape index (κ3) is 2.26. The number of nitrogens with zero attached hydrogens (tertiary/aromatic N) is 1. The number of aromatic nitrogens is 1. The fourth-order valence-electron chi connectivity index (χ4n) is 2.60. The smallest absolute Gasteiger partial charge is 0.0650 e. The number of piperazine rings is 1. The molecular weight excluding hydrogens is 246 g/mol. The summed E-state index contributed by atoms with van der Waals surface area (Å²) in [6.45, 7) is 7.49. The zero-order valence-corrected chi connectivity index (χ0v) is 11.3. The lowest BCUT2D eigenvalue weighted by molar-refractivity contribution is 0.233. The van der Waals surface area contributed by atoms with Gasteiger partial charge >= 0.3 is 0 Å². The molecule has 1 aliphatic heterocycles. The minimum absolute atomic E-state index is 0.825. The van der Waals surface area contributed by atoms with Gasteiger partial charge in [-0.05, 0) is 30.2 Å². The van der Waals surface area contributed by atoms with Gasteiger partial charge in [0.1, 0.15) is 0 Å². The van der Waals surface area contributed by atoms with Crippen molar-refractivity contribution in [3.63, 3.8) is 0 Å². The number of hydrogen-bond donors (Lipinski definition) is 2. The van der Waals surface area contributed by atoms with Crippen LogP contribution >= 0.6 is 11.6 Å². The predicted octanol–water partition coefficient (Wildman–Crippen LogP) is 2.53. The minimum Gasteiger partial charge on any atom is -0.360 e. The molecule has 18 heavy (non-hydrogen) atoms. The highest BCUT2D eigenvalue weighted by Crippen LogP contribution is 2.27. The van der Waals surface area contributed by atoms with Gasteiger partial charge in [0.15, 0.2) is 0 Å². The van der Waals surface area contributed by atoms with E-state index in [0.717, 1.165) is 43.3 Å². The van der Waals surface area contributed by atoms with Crippen molar-refractivity contribution in [2.75, 3.05) is 26.2 Å². The molecule has 1 aromatic carbocycles. The monoisotopic (exact) mass is 263 g/mol. The second kappa shape index (κ2) is 4.92. The van der Waals surface area contributed by atoms with Crippen molar-refractivity contribution in [3.05, 3.63) is 34.5 Å². The van der Waals surface area contributed by atoms with Gasteiger partial charge in [-0.1, -0.05) is 11.6 Å². The van der Waals surface area contributed by atoms with E-state index in [1.54, 1.807) is 0 Å². The average molecular weight is 264 g/mol. The van der Waals surface area contributed by atoms with E-state index in [9.17, 15) is 0 Å². The van der Waals surface area contributed by atoms with Gasteiger partial charge in [-0.2, -0.15) is 0 Å². The Kier molecular flexibility index (Phi) is 3.29. The molecule has 0 unspecified atom stereocenters. The van der Waals surface area contributed by atoms with E-state index in [4.69, 9.17) is 11.6 Å². The van der Waals surface area contributed by atoms with Gasteiger partial charge in [0, 0.05) is 44.3 Å². The van der Waals surface area contributed by atoms with Gasteiger partial charge in [0.25, 0.3) is 0 Å². The maximum atomic E-state index is 6.33.